The molecule has 0 aliphatic carbocycles. The maximum absolute atomic E-state index is 12.3. The first kappa shape index (κ1) is 16.2. The van der Waals surface area contributed by atoms with Gasteiger partial charge in [0.2, 0.25) is 0 Å². The Kier molecular flexibility index (Phi) is 5.33. The third-order valence-corrected chi connectivity index (χ3v) is 3.27. The molecule has 0 saturated carbocycles. The molecule has 1 heterocycles. The molecule has 2 rings (SSSR count). The number of hydrogen-bond donors (Lipinski definition) is 1. The topological polar surface area (TPSA) is 70.1 Å². The Morgan fingerprint density at radius 3 is 2.68 bits per heavy atom. The van der Waals surface area contributed by atoms with Crippen molar-refractivity contribution in [1.29, 1.82) is 0 Å². The fourth-order valence-corrected chi connectivity index (χ4v) is 2.30. The molecular formula is C17H23N3O2. The zero-order valence-electron chi connectivity index (χ0n) is 13.4. The van der Waals surface area contributed by atoms with Crippen molar-refractivity contribution in [3.8, 4) is 17.0 Å². The van der Waals surface area contributed by atoms with Crippen LogP contribution in [0.2, 0.25) is 0 Å². The van der Waals surface area contributed by atoms with E-state index < -0.39 is 0 Å². The zero-order chi connectivity index (χ0) is 16.1. The normalized spacial score (nSPS) is 11.0. The molecule has 0 unspecified atom stereocenters. The molecule has 0 bridgehead atoms. The highest BCUT2D eigenvalue weighted by molar-refractivity contribution is 5.67. The molecular weight excluding hydrogens is 278 g/mol. The molecule has 5 heteroatoms. The number of ether oxygens (including phenoxy) is 1. The van der Waals surface area contributed by atoms with Gasteiger partial charge in [-0.25, -0.2) is 4.68 Å². The van der Waals surface area contributed by atoms with Crippen molar-refractivity contribution in [1.82, 2.24) is 9.78 Å². The van der Waals surface area contributed by atoms with Gasteiger partial charge in [-0.3, -0.25) is 4.79 Å². The summed E-state index contributed by atoms with van der Waals surface area (Å²) >= 11 is 0. The number of nitrogens with two attached hydrogens (primary N) is 1. The number of nitrogens with zero attached hydrogens (tertiary/aromatic N) is 2. The first-order valence-corrected chi connectivity index (χ1v) is 7.60. The molecule has 0 saturated heterocycles. The Morgan fingerprint density at radius 2 is 2.05 bits per heavy atom. The number of rotatable bonds is 6. The average molecular weight is 301 g/mol. The molecule has 0 spiro atoms. The highest BCUT2D eigenvalue weighted by atomic mass is 16.5. The van der Waals surface area contributed by atoms with E-state index in [0.717, 1.165) is 11.3 Å². The smallest absolute Gasteiger partial charge is 0.271 e. The first-order chi connectivity index (χ1) is 10.6. The monoisotopic (exact) mass is 301 g/mol. The zero-order valence-corrected chi connectivity index (χ0v) is 13.4. The van der Waals surface area contributed by atoms with Crippen molar-refractivity contribution in [2.24, 2.45) is 11.7 Å². The largest absolute Gasteiger partial charge is 0.493 e. The molecule has 2 N–H and O–H groups in total. The van der Waals surface area contributed by atoms with Crippen LogP contribution >= 0.6 is 0 Å². The SMILES string of the molecule is CCOc1ccccc1-c1cc(CN)c(=O)n(CC(C)C)n1. The third kappa shape index (κ3) is 3.54. The summed E-state index contributed by atoms with van der Waals surface area (Å²) in [6.07, 6.45) is 0. The Balaban J connectivity index is 2.58. The van der Waals surface area contributed by atoms with Crippen LogP contribution in [0.3, 0.4) is 0 Å². The summed E-state index contributed by atoms with van der Waals surface area (Å²) in [4.78, 5) is 12.3. The van der Waals surface area contributed by atoms with Gasteiger partial charge in [-0.05, 0) is 31.0 Å². The van der Waals surface area contributed by atoms with Crippen LogP contribution in [0.15, 0.2) is 35.1 Å². The summed E-state index contributed by atoms with van der Waals surface area (Å²) < 4.78 is 7.16. The van der Waals surface area contributed by atoms with Gasteiger partial charge in [0.1, 0.15) is 5.75 Å². The second-order valence-electron chi connectivity index (χ2n) is 5.57. The van der Waals surface area contributed by atoms with Crippen molar-refractivity contribution in [2.75, 3.05) is 6.61 Å². The second-order valence-corrected chi connectivity index (χ2v) is 5.57. The highest BCUT2D eigenvalue weighted by Crippen LogP contribution is 2.28. The first-order valence-electron chi connectivity index (χ1n) is 7.60. The molecule has 2 aromatic rings. The van der Waals surface area contributed by atoms with E-state index in [1.54, 1.807) is 6.07 Å². The molecule has 0 fully saturated rings. The fourth-order valence-electron chi connectivity index (χ4n) is 2.30. The quantitative estimate of drug-likeness (QED) is 0.889. The van der Waals surface area contributed by atoms with Crippen molar-refractivity contribution < 1.29 is 4.74 Å². The van der Waals surface area contributed by atoms with E-state index in [4.69, 9.17) is 10.5 Å². The predicted octanol–water partition coefficient (Wildman–Crippen LogP) is 2.42. The van der Waals surface area contributed by atoms with Crippen molar-refractivity contribution >= 4 is 0 Å². The summed E-state index contributed by atoms with van der Waals surface area (Å²) in [5, 5.41) is 4.50. The lowest BCUT2D eigenvalue weighted by Crippen LogP contribution is -2.29. The van der Waals surface area contributed by atoms with E-state index in [-0.39, 0.29) is 12.1 Å². The molecule has 1 aromatic heterocycles. The van der Waals surface area contributed by atoms with Crippen molar-refractivity contribution in [2.45, 2.75) is 33.9 Å². The van der Waals surface area contributed by atoms with Gasteiger partial charge in [-0.15, -0.1) is 0 Å². The molecule has 0 aliphatic heterocycles. The lowest BCUT2D eigenvalue weighted by molar-refractivity contribution is 0.341. The predicted molar refractivity (Wildman–Crippen MR) is 87.8 cm³/mol. The Bertz CT molecular complexity index is 693. The molecule has 118 valence electrons. The molecule has 0 atom stereocenters. The van der Waals surface area contributed by atoms with E-state index in [1.807, 2.05) is 31.2 Å². The minimum atomic E-state index is -0.117. The van der Waals surface area contributed by atoms with Crippen molar-refractivity contribution in [3.05, 3.63) is 46.2 Å². The van der Waals surface area contributed by atoms with Crippen LogP contribution in [0.25, 0.3) is 11.3 Å². The fraction of sp³-hybridized carbons (Fsp3) is 0.412. The lowest BCUT2D eigenvalue weighted by Gasteiger charge is -2.14. The Hall–Kier alpha value is -2.14. The maximum Gasteiger partial charge on any atom is 0.271 e. The van der Waals surface area contributed by atoms with E-state index >= 15 is 0 Å². The number of para-hydroxylation sites is 1. The van der Waals surface area contributed by atoms with Gasteiger partial charge in [0, 0.05) is 24.2 Å². The lowest BCUT2D eigenvalue weighted by atomic mass is 10.1. The van der Waals surface area contributed by atoms with Crippen LogP contribution in [0.5, 0.6) is 5.75 Å². The van der Waals surface area contributed by atoms with Crippen LogP contribution < -0.4 is 16.0 Å². The molecule has 22 heavy (non-hydrogen) atoms. The van der Waals surface area contributed by atoms with Gasteiger partial charge in [0.25, 0.3) is 5.56 Å². The Morgan fingerprint density at radius 1 is 1.32 bits per heavy atom. The average Bonchev–Trinajstić information content (AvgIpc) is 2.50. The van der Waals surface area contributed by atoms with Gasteiger partial charge in [-0.1, -0.05) is 26.0 Å². The molecule has 1 aromatic carbocycles. The van der Waals surface area contributed by atoms with E-state index in [0.29, 0.717) is 30.3 Å². The number of benzene rings is 1. The highest BCUT2D eigenvalue weighted by Gasteiger charge is 2.13. The summed E-state index contributed by atoms with van der Waals surface area (Å²) in [5.74, 6) is 1.09. The summed E-state index contributed by atoms with van der Waals surface area (Å²) in [7, 11) is 0. The number of aromatic nitrogens is 2. The molecule has 0 amide bonds. The van der Waals surface area contributed by atoms with Gasteiger partial charge in [-0.2, -0.15) is 5.10 Å². The minimum Gasteiger partial charge on any atom is -0.493 e. The van der Waals surface area contributed by atoms with Gasteiger partial charge < -0.3 is 10.5 Å². The van der Waals surface area contributed by atoms with Crippen LogP contribution in [0.1, 0.15) is 26.3 Å². The summed E-state index contributed by atoms with van der Waals surface area (Å²) in [6, 6.07) is 9.46. The molecule has 0 radical (unpaired) electrons. The Labute approximate surface area is 130 Å². The summed E-state index contributed by atoms with van der Waals surface area (Å²) in [6.45, 7) is 7.38. The van der Waals surface area contributed by atoms with E-state index in [1.165, 1.54) is 4.68 Å². The van der Waals surface area contributed by atoms with E-state index in [2.05, 4.69) is 18.9 Å². The van der Waals surface area contributed by atoms with Crippen LogP contribution in [-0.4, -0.2) is 16.4 Å². The van der Waals surface area contributed by atoms with Gasteiger partial charge in [0.15, 0.2) is 0 Å². The van der Waals surface area contributed by atoms with E-state index in [9.17, 15) is 4.79 Å². The summed E-state index contributed by atoms with van der Waals surface area (Å²) in [5.41, 5.74) is 7.76. The van der Waals surface area contributed by atoms with Crippen molar-refractivity contribution in [3.63, 3.8) is 0 Å². The maximum atomic E-state index is 12.3. The van der Waals surface area contributed by atoms with Crippen LogP contribution in [-0.2, 0) is 13.1 Å². The molecule has 0 aliphatic rings. The van der Waals surface area contributed by atoms with Gasteiger partial charge >= 0.3 is 0 Å². The van der Waals surface area contributed by atoms with Gasteiger partial charge in [0.05, 0.1) is 12.3 Å². The van der Waals surface area contributed by atoms with Crippen LogP contribution in [0.4, 0.5) is 0 Å². The number of hydrogen-bond acceptors (Lipinski definition) is 4. The molecule has 5 nitrogen and oxygen atoms in total. The standard InChI is InChI=1S/C17H23N3O2/c1-4-22-16-8-6-5-7-14(16)15-9-13(10-18)17(21)20(19-15)11-12(2)3/h5-9,12H,4,10-11,18H2,1-3H3. The van der Waals surface area contributed by atoms with Crippen LogP contribution in [0, 0.1) is 5.92 Å². The third-order valence-electron chi connectivity index (χ3n) is 3.27. The minimum absolute atomic E-state index is 0.117. The second kappa shape index (κ2) is 7.22.